The van der Waals surface area contributed by atoms with Crippen molar-refractivity contribution in [1.29, 1.82) is 0 Å². The standard InChI is InChI=1S/C60H79N9O9S/c1-36-33-76-54(36)56(70)63-51-53(67-19-24-74-25-20-67)57-62-47(34-79-57)39-8-11-48-44(30-39)46(31-60(3,4)35-77-59-55(78-59)50-40-28-42(29-40)69(64-50)58(51)71)52(68(48)21-26-75-43-12-22-73-23-13-43)45-27-38(32-61-49(45)37(2)72-5)7-6-14-65-15-17-66(18-16-65)41-9-10-41/h8,11,27,30,32,34,36-37,40-43,50-51,53-55,59,64H,9-10,12-26,28-29,31,33,35H2,1-5H3,(H,63,70)/t36-,37-,40?,42?,50-,51-,53-,54-,55?,59?/m0/s1. The number of carbonyl (C=O) groups is 2. The number of hydrazine groups is 1. The van der Waals surface area contributed by atoms with Crippen molar-refractivity contribution in [2.45, 2.75) is 140 Å². The average Bonchev–Trinajstić information content (AvgIpc) is 4.45. The van der Waals surface area contributed by atoms with Crippen LogP contribution in [0.1, 0.15) is 100 Å². The van der Waals surface area contributed by atoms with Crippen LogP contribution in [-0.2, 0) is 55.7 Å². The summed E-state index contributed by atoms with van der Waals surface area (Å²) in [5.41, 5.74) is 11.0. The fourth-order valence-corrected chi connectivity index (χ4v) is 14.3. The Balaban J connectivity index is 0.932. The monoisotopic (exact) mass is 1100 g/mol. The first-order valence-electron chi connectivity index (χ1n) is 29.4. The highest BCUT2D eigenvalue weighted by atomic mass is 32.1. The van der Waals surface area contributed by atoms with Crippen LogP contribution in [0.4, 0.5) is 0 Å². The lowest BCUT2D eigenvalue weighted by Crippen LogP contribution is -2.72. The average molecular weight is 1100 g/mol. The molecule has 0 spiro atoms. The van der Waals surface area contributed by atoms with Gasteiger partial charge in [-0.2, -0.15) is 0 Å². The second-order valence-electron chi connectivity index (χ2n) is 24.5. The van der Waals surface area contributed by atoms with Crippen LogP contribution in [0, 0.1) is 29.1 Å². The molecular formula is C60H79N9O9S. The second-order valence-corrected chi connectivity index (χ2v) is 25.4. The lowest BCUT2D eigenvalue weighted by molar-refractivity contribution is -0.166. The Kier molecular flexibility index (Phi) is 15.5. The molecule has 79 heavy (non-hydrogen) atoms. The molecule has 3 aromatic heterocycles. The van der Waals surface area contributed by atoms with Crippen LogP contribution in [0.3, 0.4) is 0 Å². The largest absolute Gasteiger partial charge is 0.381 e. The number of rotatable bonds is 12. The minimum Gasteiger partial charge on any atom is -0.381 e. The van der Waals surface area contributed by atoms with Gasteiger partial charge >= 0.3 is 0 Å². The Morgan fingerprint density at radius 2 is 1.78 bits per heavy atom. The molecule has 2 saturated carbocycles. The van der Waals surface area contributed by atoms with Crippen molar-refractivity contribution in [1.82, 2.24) is 45.0 Å². The third-order valence-electron chi connectivity index (χ3n) is 18.3. The molecule has 2 N–H and O–H groups in total. The van der Waals surface area contributed by atoms with Crippen LogP contribution >= 0.6 is 11.3 Å². The Morgan fingerprint density at radius 1 is 0.987 bits per heavy atom. The number of pyridine rings is 1. The number of ether oxygens (including phenoxy) is 7. The summed E-state index contributed by atoms with van der Waals surface area (Å²) < 4.78 is 45.9. The summed E-state index contributed by atoms with van der Waals surface area (Å²) in [5.74, 6) is 7.01. The van der Waals surface area contributed by atoms with Crippen molar-refractivity contribution in [3.8, 4) is 34.4 Å². The predicted octanol–water partition coefficient (Wildman–Crippen LogP) is 5.57. The zero-order valence-corrected chi connectivity index (χ0v) is 47.5. The molecule has 18 nitrogen and oxygen atoms in total. The molecule has 7 saturated heterocycles. The van der Waals surface area contributed by atoms with E-state index in [2.05, 4.69) is 92.3 Å². The first-order chi connectivity index (χ1) is 38.5. The predicted molar refractivity (Wildman–Crippen MR) is 298 cm³/mol. The van der Waals surface area contributed by atoms with Crippen LogP contribution in [0.5, 0.6) is 0 Å². The summed E-state index contributed by atoms with van der Waals surface area (Å²) in [6, 6.07) is 8.05. The molecule has 424 valence electrons. The van der Waals surface area contributed by atoms with Crippen molar-refractivity contribution in [2.24, 2.45) is 17.3 Å². The maximum Gasteiger partial charge on any atom is 0.261 e. The lowest BCUT2D eigenvalue weighted by Gasteiger charge is -2.54. The number of amides is 2. The maximum atomic E-state index is 15.5. The van der Waals surface area contributed by atoms with Gasteiger partial charge in [0.05, 0.1) is 81.0 Å². The molecule has 2 aliphatic carbocycles. The second kappa shape index (κ2) is 22.7. The van der Waals surface area contributed by atoms with Gasteiger partial charge in [-0.05, 0) is 87.0 Å². The lowest BCUT2D eigenvalue weighted by atomic mass is 9.72. The van der Waals surface area contributed by atoms with Crippen LogP contribution in [0.2, 0.25) is 0 Å². The smallest absolute Gasteiger partial charge is 0.261 e. The van der Waals surface area contributed by atoms with Crippen LogP contribution < -0.4 is 10.7 Å². The highest BCUT2D eigenvalue weighted by molar-refractivity contribution is 7.10. The molecule has 8 atom stereocenters. The van der Waals surface area contributed by atoms with E-state index in [1.807, 2.05) is 13.1 Å². The van der Waals surface area contributed by atoms with Gasteiger partial charge in [-0.25, -0.2) is 10.4 Å². The van der Waals surface area contributed by atoms with Crippen LogP contribution in [0.25, 0.3) is 33.4 Å². The van der Waals surface area contributed by atoms with Crippen molar-refractivity contribution < 1.29 is 42.7 Å². The molecule has 19 heteroatoms. The summed E-state index contributed by atoms with van der Waals surface area (Å²) in [7, 11) is 1.75. The number of thiazole rings is 1. The number of piperazine rings is 1. The first-order valence-corrected chi connectivity index (χ1v) is 30.2. The third-order valence-corrected chi connectivity index (χ3v) is 19.2. The van der Waals surface area contributed by atoms with Crippen molar-refractivity contribution >= 4 is 34.1 Å². The van der Waals surface area contributed by atoms with Gasteiger partial charge in [0.15, 0.2) is 6.29 Å². The summed E-state index contributed by atoms with van der Waals surface area (Å²) >= 11 is 1.53. The molecule has 2 amide bonds. The highest BCUT2D eigenvalue weighted by Gasteiger charge is 2.58. The van der Waals surface area contributed by atoms with Gasteiger partial charge in [0.25, 0.3) is 5.91 Å². The number of nitrogens with one attached hydrogen (secondary N) is 2. The molecule has 0 radical (unpaired) electrons. The summed E-state index contributed by atoms with van der Waals surface area (Å²) in [6.07, 6.45) is 7.22. The van der Waals surface area contributed by atoms with Gasteiger partial charge in [0, 0.05) is 123 Å². The molecule has 8 aliphatic heterocycles. The molecule has 4 aromatic rings. The van der Waals surface area contributed by atoms with Crippen molar-refractivity contribution in [3.63, 3.8) is 0 Å². The molecule has 1 aromatic carbocycles. The Morgan fingerprint density at radius 3 is 2.53 bits per heavy atom. The normalized spacial score (nSPS) is 31.0. The zero-order valence-electron chi connectivity index (χ0n) is 46.7. The van der Waals surface area contributed by atoms with E-state index in [-0.39, 0.29) is 53.5 Å². The number of aromatic nitrogens is 3. The fourth-order valence-electron chi connectivity index (χ4n) is 13.3. The van der Waals surface area contributed by atoms with Gasteiger partial charge in [-0.3, -0.25) is 34.3 Å². The number of hydrogen-bond acceptors (Lipinski definition) is 16. The molecule has 8 bridgehead atoms. The zero-order chi connectivity index (χ0) is 53.9. The van der Waals surface area contributed by atoms with E-state index in [9.17, 15) is 4.79 Å². The Labute approximate surface area is 468 Å². The van der Waals surface area contributed by atoms with E-state index in [0.29, 0.717) is 84.8 Å². The number of epoxide rings is 1. The van der Waals surface area contributed by atoms with Crippen molar-refractivity contribution in [3.05, 3.63) is 57.7 Å². The van der Waals surface area contributed by atoms with E-state index in [4.69, 9.17) is 43.1 Å². The summed E-state index contributed by atoms with van der Waals surface area (Å²) in [4.78, 5) is 47.8. The van der Waals surface area contributed by atoms with E-state index in [0.717, 1.165) is 108 Å². The van der Waals surface area contributed by atoms with Crippen molar-refractivity contribution in [2.75, 3.05) is 99.2 Å². The fraction of sp³-hybridized carbons (Fsp3) is 0.667. The molecule has 14 rings (SSSR count). The van der Waals surface area contributed by atoms with E-state index in [1.165, 1.54) is 29.7 Å². The Hall–Kier alpha value is -4.40. The number of methoxy groups -OCH3 is 1. The van der Waals surface area contributed by atoms with Crippen LogP contribution in [-0.4, -0.2) is 194 Å². The highest BCUT2D eigenvalue weighted by Crippen LogP contribution is 2.47. The number of hydrogen-bond donors (Lipinski definition) is 2. The Bertz CT molecular complexity index is 2930. The molecule has 2 unspecified atom stereocenters. The molecule has 10 aliphatic rings. The van der Waals surface area contributed by atoms with Gasteiger partial charge in [-0.15, -0.1) is 11.3 Å². The number of nitrogens with zero attached hydrogens (tertiary/aromatic N) is 7. The summed E-state index contributed by atoms with van der Waals surface area (Å²) in [5, 5.41) is 9.03. The van der Waals surface area contributed by atoms with E-state index in [1.54, 1.807) is 12.1 Å². The number of morpholine rings is 1. The van der Waals surface area contributed by atoms with E-state index >= 15 is 4.79 Å². The van der Waals surface area contributed by atoms with Crippen LogP contribution in [0.15, 0.2) is 35.8 Å². The summed E-state index contributed by atoms with van der Waals surface area (Å²) in [6.45, 7) is 19.3. The molecular weight excluding hydrogens is 1020 g/mol. The topological polar surface area (TPSA) is 170 Å². The van der Waals surface area contributed by atoms with Gasteiger partial charge in [0.1, 0.15) is 23.3 Å². The van der Waals surface area contributed by atoms with Gasteiger partial charge in [-0.1, -0.05) is 38.7 Å². The quantitative estimate of drug-likeness (QED) is 0.133. The molecule has 9 fully saturated rings. The first kappa shape index (κ1) is 53.9. The SMILES string of the molecule is CO[C@@H](C)c1ncc(C#CCN2CCN(C3CC3)CC2)cc1-c1c2c3cc(ccc3n1CCOC1CCOCC1)-c1csc(n1)[C@@H](N1CCOCC1)[C@H](NC(=O)[C@H]1OC[C@@H]1C)C(=O)N1N[C@@H](C3CC1C3)C1OC1OCC(C)(C)C2. The van der Waals surface area contributed by atoms with Gasteiger partial charge < -0.3 is 43.0 Å². The maximum absolute atomic E-state index is 15.5. The molecule has 11 heterocycles. The number of benzene rings is 1. The minimum absolute atomic E-state index is 0.00148. The van der Waals surface area contributed by atoms with Gasteiger partial charge in [0.2, 0.25) is 5.91 Å². The third kappa shape index (κ3) is 11.2. The minimum atomic E-state index is -0.962. The number of carbonyl (C=O) groups excluding carboxylic acids is 2. The number of fused-ring (bicyclic) bond motifs is 5. The van der Waals surface area contributed by atoms with E-state index < -0.39 is 24.5 Å².